The Bertz CT molecular complexity index is 569. The van der Waals surface area contributed by atoms with E-state index in [4.69, 9.17) is 9.26 Å². The average Bonchev–Trinajstić information content (AvgIpc) is 3.04. The quantitative estimate of drug-likeness (QED) is 0.927. The number of rotatable bonds is 4. The zero-order chi connectivity index (χ0) is 14.1. The van der Waals surface area contributed by atoms with Crippen LogP contribution in [0.5, 0.6) is 0 Å². The van der Waals surface area contributed by atoms with Crippen molar-refractivity contribution in [2.45, 2.75) is 32.4 Å². The molecule has 1 aromatic heterocycles. The highest BCUT2D eigenvalue weighted by Gasteiger charge is 2.28. The van der Waals surface area contributed by atoms with Crippen molar-refractivity contribution in [3.8, 4) is 0 Å². The van der Waals surface area contributed by atoms with Gasteiger partial charge in [0, 0.05) is 19.2 Å². The third-order valence-corrected chi connectivity index (χ3v) is 3.64. The van der Waals surface area contributed by atoms with Gasteiger partial charge in [0.05, 0.1) is 0 Å². The number of nitrogens with zero attached hydrogens (tertiary/aromatic N) is 2. The number of anilines is 1. The Morgan fingerprint density at radius 1 is 1.35 bits per heavy atom. The predicted molar refractivity (Wildman–Crippen MR) is 75.4 cm³/mol. The fraction of sp³-hybridized carbons (Fsp3) is 0.467. The van der Waals surface area contributed by atoms with E-state index in [-0.39, 0.29) is 12.1 Å². The summed E-state index contributed by atoms with van der Waals surface area (Å²) >= 11 is 0. The minimum absolute atomic E-state index is 0.0540. The van der Waals surface area contributed by atoms with E-state index in [0.29, 0.717) is 17.6 Å². The third kappa shape index (κ3) is 2.29. The Morgan fingerprint density at radius 3 is 2.85 bits per heavy atom. The van der Waals surface area contributed by atoms with E-state index in [9.17, 15) is 0 Å². The normalized spacial score (nSPS) is 18.9. The maximum atomic E-state index is 5.43. The lowest BCUT2D eigenvalue weighted by molar-refractivity contribution is 0.0555. The average molecular weight is 273 g/mol. The molecule has 5 nitrogen and oxygen atoms in total. The summed E-state index contributed by atoms with van der Waals surface area (Å²) in [6.07, 6.45) is 0.744. The predicted octanol–water partition coefficient (Wildman–Crippen LogP) is 3.12. The number of benzene rings is 1. The van der Waals surface area contributed by atoms with E-state index >= 15 is 0 Å². The summed E-state index contributed by atoms with van der Waals surface area (Å²) in [5, 5.41) is 7.48. The van der Waals surface area contributed by atoms with E-state index in [1.807, 2.05) is 12.1 Å². The van der Waals surface area contributed by atoms with Gasteiger partial charge in [0.15, 0.2) is 0 Å². The van der Waals surface area contributed by atoms with Crippen LogP contribution in [0.4, 0.5) is 5.69 Å². The van der Waals surface area contributed by atoms with Crippen molar-refractivity contribution in [3.05, 3.63) is 41.5 Å². The summed E-state index contributed by atoms with van der Waals surface area (Å²) in [5.74, 6) is 1.55. The number of nitrogens with one attached hydrogen (secondary N) is 1. The van der Waals surface area contributed by atoms with Gasteiger partial charge in [-0.15, -0.1) is 0 Å². The Labute approximate surface area is 118 Å². The van der Waals surface area contributed by atoms with Crippen molar-refractivity contribution in [1.82, 2.24) is 10.1 Å². The van der Waals surface area contributed by atoms with Crippen molar-refractivity contribution in [2.24, 2.45) is 5.92 Å². The highest BCUT2D eigenvalue weighted by molar-refractivity contribution is 5.56. The van der Waals surface area contributed by atoms with E-state index in [0.717, 1.165) is 12.1 Å². The van der Waals surface area contributed by atoms with Crippen LogP contribution in [0.25, 0.3) is 0 Å². The second-order valence-electron chi connectivity index (χ2n) is 5.45. The third-order valence-electron chi connectivity index (χ3n) is 3.64. The van der Waals surface area contributed by atoms with Crippen molar-refractivity contribution in [2.75, 3.05) is 12.4 Å². The Balaban J connectivity index is 1.79. The number of methoxy groups -OCH3 is 1. The molecule has 0 saturated heterocycles. The van der Waals surface area contributed by atoms with E-state index in [1.165, 1.54) is 5.56 Å². The van der Waals surface area contributed by atoms with Crippen LogP contribution in [0.1, 0.15) is 43.3 Å². The van der Waals surface area contributed by atoms with Gasteiger partial charge < -0.3 is 14.6 Å². The van der Waals surface area contributed by atoms with Crippen LogP contribution < -0.4 is 5.32 Å². The number of fused-ring (bicyclic) bond motifs is 1. The Kier molecular flexibility index (Phi) is 3.44. The molecule has 5 heteroatoms. The molecule has 1 aliphatic rings. The van der Waals surface area contributed by atoms with Gasteiger partial charge >= 0.3 is 0 Å². The summed E-state index contributed by atoms with van der Waals surface area (Å²) in [4.78, 5) is 4.50. The second kappa shape index (κ2) is 5.25. The maximum Gasteiger partial charge on any atom is 0.249 e. The van der Waals surface area contributed by atoms with Crippen molar-refractivity contribution < 1.29 is 9.26 Å². The topological polar surface area (TPSA) is 60.2 Å². The molecule has 20 heavy (non-hydrogen) atoms. The second-order valence-corrected chi connectivity index (χ2v) is 5.45. The first-order valence-corrected chi connectivity index (χ1v) is 6.89. The van der Waals surface area contributed by atoms with Crippen LogP contribution in [-0.4, -0.2) is 17.3 Å². The van der Waals surface area contributed by atoms with Gasteiger partial charge in [-0.05, 0) is 17.5 Å². The molecular formula is C15H19N3O2. The molecule has 0 spiro atoms. The number of hydrogen-bond donors (Lipinski definition) is 1. The monoisotopic (exact) mass is 273 g/mol. The standard InChI is InChI=1S/C15H19N3O2/c1-9(2)13(19-3)14-17-15(20-18-14)12-8-10-6-4-5-7-11(10)16-12/h4-7,9,12-13,16H,8H2,1-3H3. The molecule has 0 radical (unpaired) electrons. The van der Waals surface area contributed by atoms with Gasteiger partial charge in [0.25, 0.3) is 0 Å². The highest BCUT2D eigenvalue weighted by Crippen LogP contribution is 2.34. The molecule has 0 saturated carbocycles. The van der Waals surface area contributed by atoms with Crippen LogP contribution in [0, 0.1) is 5.92 Å². The number of hydrogen-bond acceptors (Lipinski definition) is 5. The lowest BCUT2D eigenvalue weighted by Gasteiger charge is -2.14. The lowest BCUT2D eigenvalue weighted by atomic mass is 10.1. The van der Waals surface area contributed by atoms with Crippen LogP contribution in [-0.2, 0) is 11.2 Å². The van der Waals surface area contributed by atoms with Crippen LogP contribution in [0.3, 0.4) is 0 Å². The molecule has 1 aliphatic heterocycles. The molecule has 0 aliphatic carbocycles. The van der Waals surface area contributed by atoms with Gasteiger partial charge in [0.1, 0.15) is 12.1 Å². The molecule has 0 amide bonds. The minimum Gasteiger partial charge on any atom is -0.373 e. The molecule has 2 atom stereocenters. The van der Waals surface area contributed by atoms with Gasteiger partial charge in [-0.25, -0.2) is 0 Å². The summed E-state index contributed by atoms with van der Waals surface area (Å²) in [6, 6.07) is 8.30. The number of ether oxygens (including phenoxy) is 1. The molecule has 0 fully saturated rings. The number of para-hydroxylation sites is 1. The first kappa shape index (κ1) is 13.1. The van der Waals surface area contributed by atoms with Gasteiger partial charge in [0.2, 0.25) is 11.7 Å². The molecule has 2 aromatic rings. The largest absolute Gasteiger partial charge is 0.373 e. The molecule has 1 aromatic carbocycles. The zero-order valence-corrected chi connectivity index (χ0v) is 12.0. The summed E-state index contributed by atoms with van der Waals surface area (Å²) < 4.78 is 10.8. The molecular weight excluding hydrogens is 254 g/mol. The Morgan fingerprint density at radius 2 is 2.15 bits per heavy atom. The summed E-state index contributed by atoms with van der Waals surface area (Å²) in [5.41, 5.74) is 2.42. The van der Waals surface area contributed by atoms with Gasteiger partial charge in [-0.1, -0.05) is 37.2 Å². The fourth-order valence-corrected chi connectivity index (χ4v) is 2.63. The number of aromatic nitrogens is 2. The highest BCUT2D eigenvalue weighted by atomic mass is 16.5. The van der Waals surface area contributed by atoms with Crippen LogP contribution in [0.15, 0.2) is 28.8 Å². The molecule has 106 valence electrons. The fourth-order valence-electron chi connectivity index (χ4n) is 2.63. The molecule has 2 heterocycles. The van der Waals surface area contributed by atoms with E-state index < -0.39 is 0 Å². The Hall–Kier alpha value is -1.88. The first-order valence-electron chi connectivity index (χ1n) is 6.89. The molecule has 1 N–H and O–H groups in total. The van der Waals surface area contributed by atoms with Crippen LogP contribution >= 0.6 is 0 Å². The summed E-state index contributed by atoms with van der Waals surface area (Å²) in [6.45, 7) is 4.15. The molecule has 0 bridgehead atoms. The van der Waals surface area contributed by atoms with E-state index in [1.54, 1.807) is 7.11 Å². The first-order chi connectivity index (χ1) is 9.69. The van der Waals surface area contributed by atoms with Crippen molar-refractivity contribution in [3.63, 3.8) is 0 Å². The van der Waals surface area contributed by atoms with Crippen molar-refractivity contribution >= 4 is 5.69 Å². The maximum absolute atomic E-state index is 5.43. The van der Waals surface area contributed by atoms with Gasteiger partial charge in [-0.2, -0.15) is 4.98 Å². The lowest BCUT2D eigenvalue weighted by Crippen LogP contribution is -2.11. The van der Waals surface area contributed by atoms with Crippen LogP contribution in [0.2, 0.25) is 0 Å². The minimum atomic E-state index is -0.128. The zero-order valence-electron chi connectivity index (χ0n) is 12.0. The smallest absolute Gasteiger partial charge is 0.249 e. The van der Waals surface area contributed by atoms with E-state index in [2.05, 4.69) is 41.4 Å². The molecule has 2 unspecified atom stereocenters. The van der Waals surface area contributed by atoms with Gasteiger partial charge in [-0.3, -0.25) is 0 Å². The molecule has 3 rings (SSSR count). The summed E-state index contributed by atoms with van der Waals surface area (Å²) in [7, 11) is 1.67. The van der Waals surface area contributed by atoms with Crippen molar-refractivity contribution in [1.29, 1.82) is 0 Å². The SMILES string of the molecule is COC(c1noc(C2Cc3ccccc3N2)n1)C(C)C.